The van der Waals surface area contributed by atoms with Gasteiger partial charge in [-0.25, -0.2) is 0 Å². The van der Waals surface area contributed by atoms with Crippen molar-refractivity contribution < 1.29 is 19.4 Å². The molecule has 0 amide bonds. The quantitative estimate of drug-likeness (QED) is 0.754. The van der Waals surface area contributed by atoms with E-state index in [0.29, 0.717) is 19.3 Å². The number of aliphatic hydroxyl groups excluding tert-OH is 1. The first-order chi connectivity index (χ1) is 8.66. The summed E-state index contributed by atoms with van der Waals surface area (Å²) in [4.78, 5) is 10.8. The molecular weight excluding hydrogens is 248 g/mol. The lowest BCUT2D eigenvalue weighted by molar-refractivity contribution is -0.145. The Balaban J connectivity index is 1.83. The van der Waals surface area contributed by atoms with Crippen LogP contribution in [0.1, 0.15) is 19.3 Å². The highest BCUT2D eigenvalue weighted by Gasteiger charge is 2.32. The van der Waals surface area contributed by atoms with E-state index in [1.807, 2.05) is 30.3 Å². The molecule has 1 aromatic carbocycles. The molecule has 0 spiro atoms. The Labute approximate surface area is 109 Å². The minimum atomic E-state index is -0.832. The summed E-state index contributed by atoms with van der Waals surface area (Å²) in [5.74, 6) is -1.23. The molecule has 1 aliphatic rings. The van der Waals surface area contributed by atoms with Crippen LogP contribution in [-0.4, -0.2) is 38.2 Å². The van der Waals surface area contributed by atoms with E-state index in [4.69, 9.17) is 9.53 Å². The van der Waals surface area contributed by atoms with Gasteiger partial charge >= 0.3 is 5.97 Å². The van der Waals surface area contributed by atoms with Crippen molar-refractivity contribution in [3.05, 3.63) is 30.3 Å². The van der Waals surface area contributed by atoms with E-state index < -0.39 is 27.8 Å². The van der Waals surface area contributed by atoms with Gasteiger partial charge in [0, 0.05) is 0 Å². The number of hydrogen-bond acceptors (Lipinski definition) is 3. The van der Waals surface area contributed by atoms with Crippen molar-refractivity contribution in [3.8, 4) is 0 Å². The summed E-state index contributed by atoms with van der Waals surface area (Å²) >= 11 is 0. The van der Waals surface area contributed by atoms with Crippen LogP contribution in [-0.2, 0) is 9.22 Å². The molecule has 0 aromatic heterocycles. The Bertz CT molecular complexity index is 395. The van der Waals surface area contributed by atoms with E-state index in [2.05, 4.69) is 0 Å². The van der Waals surface area contributed by atoms with Gasteiger partial charge in [-0.3, -0.25) is 4.79 Å². The molecule has 0 aliphatic heterocycles. The van der Waals surface area contributed by atoms with Crippen LogP contribution in [0.2, 0.25) is 0 Å². The molecule has 0 unspecified atom stereocenters. The fraction of sp³-hybridized carbons (Fsp3) is 0.462. The van der Waals surface area contributed by atoms with Gasteiger partial charge in [0.2, 0.25) is 0 Å². The molecule has 3 atom stereocenters. The predicted molar refractivity (Wildman–Crippen MR) is 70.5 cm³/mol. The number of rotatable bonds is 4. The van der Waals surface area contributed by atoms with Gasteiger partial charge in [-0.05, 0) is 24.4 Å². The topological polar surface area (TPSA) is 66.8 Å². The third-order valence-corrected chi connectivity index (χ3v) is 4.81. The summed E-state index contributed by atoms with van der Waals surface area (Å²) in [5.41, 5.74) is 0. The lowest BCUT2D eigenvalue weighted by atomic mass is 9.85. The summed E-state index contributed by atoms with van der Waals surface area (Å²) < 4.78 is 5.81. The number of carboxylic acids is 1. The SMILES string of the molecule is O=C(O)[C@H]1CC[C@@H](O[SiH2]c2ccccc2)[C@H](O)C1. The monoisotopic (exact) mass is 266 g/mol. The second kappa shape index (κ2) is 6.13. The first kappa shape index (κ1) is 13.3. The average molecular weight is 266 g/mol. The standard InChI is InChI=1S/C13H18O4Si/c14-11-8-9(13(15)16)6-7-12(11)17-18-10-4-2-1-3-5-10/h1-5,9,11-12,14H,6-8,18H2,(H,15,16)/t9-,11+,12+/m0/s1. The zero-order valence-corrected chi connectivity index (χ0v) is 11.6. The van der Waals surface area contributed by atoms with Gasteiger partial charge < -0.3 is 14.6 Å². The molecule has 0 radical (unpaired) electrons. The molecule has 1 aliphatic carbocycles. The molecule has 0 heterocycles. The Morgan fingerprint density at radius 2 is 2.00 bits per heavy atom. The summed E-state index contributed by atoms with van der Waals surface area (Å²) in [6.07, 6.45) is 0.713. The number of hydrogen-bond donors (Lipinski definition) is 2. The van der Waals surface area contributed by atoms with E-state index >= 15 is 0 Å². The van der Waals surface area contributed by atoms with Crippen molar-refractivity contribution >= 4 is 20.9 Å². The molecular formula is C13H18O4Si. The molecule has 5 heteroatoms. The van der Waals surface area contributed by atoms with E-state index in [9.17, 15) is 9.90 Å². The molecule has 98 valence electrons. The number of carboxylic acid groups (broad SMARTS) is 1. The van der Waals surface area contributed by atoms with Gasteiger partial charge in [-0.2, -0.15) is 0 Å². The Hall–Kier alpha value is -1.17. The predicted octanol–water partition coefficient (Wildman–Crippen LogP) is 0.0265. The lowest BCUT2D eigenvalue weighted by Crippen LogP contribution is -2.40. The highest BCUT2D eigenvalue weighted by molar-refractivity contribution is 6.46. The van der Waals surface area contributed by atoms with E-state index in [-0.39, 0.29) is 6.10 Å². The molecule has 0 saturated heterocycles. The van der Waals surface area contributed by atoms with Gasteiger partial charge in [0.25, 0.3) is 0 Å². The number of aliphatic carboxylic acids is 1. The summed E-state index contributed by atoms with van der Waals surface area (Å²) in [7, 11) is -0.832. The van der Waals surface area contributed by atoms with Crippen LogP contribution in [0.15, 0.2) is 30.3 Å². The van der Waals surface area contributed by atoms with Gasteiger partial charge in [0.15, 0.2) is 9.76 Å². The van der Waals surface area contributed by atoms with Crippen molar-refractivity contribution in [2.75, 3.05) is 0 Å². The van der Waals surface area contributed by atoms with E-state index in [1.165, 1.54) is 5.19 Å². The fourth-order valence-corrected chi connectivity index (χ4v) is 3.58. The summed E-state index contributed by atoms with van der Waals surface area (Å²) in [6.45, 7) is 0. The molecule has 4 nitrogen and oxygen atoms in total. The van der Waals surface area contributed by atoms with Crippen molar-refractivity contribution in [1.29, 1.82) is 0 Å². The first-order valence-electron chi connectivity index (χ1n) is 6.23. The van der Waals surface area contributed by atoms with Crippen molar-refractivity contribution in [3.63, 3.8) is 0 Å². The molecule has 2 N–H and O–H groups in total. The lowest BCUT2D eigenvalue weighted by Gasteiger charge is -2.31. The first-order valence-corrected chi connectivity index (χ1v) is 7.51. The third-order valence-electron chi connectivity index (χ3n) is 3.41. The molecule has 1 saturated carbocycles. The second-order valence-corrected chi connectivity index (χ2v) is 6.19. The maximum atomic E-state index is 10.8. The van der Waals surface area contributed by atoms with Crippen molar-refractivity contribution in [2.24, 2.45) is 5.92 Å². The van der Waals surface area contributed by atoms with Gasteiger partial charge in [-0.1, -0.05) is 30.3 Å². The van der Waals surface area contributed by atoms with Gasteiger partial charge in [-0.15, -0.1) is 0 Å². The van der Waals surface area contributed by atoms with Crippen LogP contribution in [0.5, 0.6) is 0 Å². The van der Waals surface area contributed by atoms with Crippen LogP contribution in [0.3, 0.4) is 0 Å². The molecule has 0 bridgehead atoms. The maximum absolute atomic E-state index is 10.8. The largest absolute Gasteiger partial charge is 0.481 e. The Morgan fingerprint density at radius 3 is 2.61 bits per heavy atom. The third kappa shape index (κ3) is 3.41. The van der Waals surface area contributed by atoms with Crippen LogP contribution in [0.25, 0.3) is 0 Å². The summed E-state index contributed by atoms with van der Waals surface area (Å²) in [6, 6.07) is 9.97. The zero-order valence-electron chi connectivity index (χ0n) is 10.2. The highest BCUT2D eigenvalue weighted by atomic mass is 28.2. The Kier molecular flexibility index (Phi) is 4.52. The molecule has 2 rings (SSSR count). The zero-order chi connectivity index (χ0) is 13.0. The number of benzene rings is 1. The summed E-state index contributed by atoms with van der Waals surface area (Å²) in [5, 5.41) is 20.0. The van der Waals surface area contributed by atoms with Crippen molar-refractivity contribution in [1.82, 2.24) is 0 Å². The minimum absolute atomic E-state index is 0.188. The van der Waals surface area contributed by atoms with E-state index in [0.717, 1.165) is 0 Å². The normalized spacial score (nSPS) is 28.6. The fourth-order valence-electron chi connectivity index (χ4n) is 2.32. The number of aliphatic hydroxyl groups is 1. The van der Waals surface area contributed by atoms with Crippen LogP contribution in [0, 0.1) is 5.92 Å². The molecule has 1 fully saturated rings. The second-order valence-electron chi connectivity index (χ2n) is 4.75. The molecule has 1 aromatic rings. The molecule has 18 heavy (non-hydrogen) atoms. The Morgan fingerprint density at radius 1 is 1.28 bits per heavy atom. The average Bonchev–Trinajstić information content (AvgIpc) is 2.38. The maximum Gasteiger partial charge on any atom is 0.306 e. The smallest absolute Gasteiger partial charge is 0.306 e. The van der Waals surface area contributed by atoms with Crippen LogP contribution < -0.4 is 5.19 Å². The van der Waals surface area contributed by atoms with E-state index in [1.54, 1.807) is 0 Å². The van der Waals surface area contributed by atoms with Crippen LogP contribution in [0.4, 0.5) is 0 Å². The van der Waals surface area contributed by atoms with Crippen molar-refractivity contribution in [2.45, 2.75) is 31.5 Å². The van der Waals surface area contributed by atoms with Crippen LogP contribution >= 0.6 is 0 Å². The number of carbonyl (C=O) groups is 1. The van der Waals surface area contributed by atoms with Gasteiger partial charge in [0.1, 0.15) is 0 Å². The minimum Gasteiger partial charge on any atom is -0.481 e. The highest BCUT2D eigenvalue weighted by Crippen LogP contribution is 2.26. The van der Waals surface area contributed by atoms with Gasteiger partial charge in [0.05, 0.1) is 18.1 Å².